The molecule has 0 amide bonds. The van der Waals surface area contributed by atoms with Gasteiger partial charge in [0.25, 0.3) is 0 Å². The highest BCUT2D eigenvalue weighted by Gasteiger charge is 2.46. The molecule has 0 spiro atoms. The summed E-state index contributed by atoms with van der Waals surface area (Å²) in [5.74, 6) is 2.07. The molecule has 4 rings (SSSR count). The van der Waals surface area contributed by atoms with Crippen molar-refractivity contribution >= 4 is 22.6 Å². The Bertz CT molecular complexity index is 884. The Morgan fingerprint density at radius 1 is 1.13 bits per heavy atom. The quantitative estimate of drug-likeness (QED) is 0.575. The van der Waals surface area contributed by atoms with Crippen molar-refractivity contribution in [3.63, 3.8) is 0 Å². The van der Waals surface area contributed by atoms with E-state index >= 15 is 0 Å². The minimum absolute atomic E-state index is 0.0124. The lowest BCUT2D eigenvalue weighted by molar-refractivity contribution is 0.245. The molecule has 1 saturated heterocycles. The van der Waals surface area contributed by atoms with Crippen molar-refractivity contribution in [1.82, 2.24) is 9.88 Å². The largest absolute Gasteiger partial charge is 0.493 e. The smallest absolute Gasteiger partial charge is 0.160 e. The predicted octanol–water partition coefficient (Wildman–Crippen LogP) is 5.31. The van der Waals surface area contributed by atoms with E-state index < -0.39 is 0 Å². The molecule has 2 aliphatic heterocycles. The normalized spacial score (nSPS) is 22.7. The third-order valence-electron chi connectivity index (χ3n) is 6.07. The van der Waals surface area contributed by atoms with Crippen molar-refractivity contribution in [2.75, 3.05) is 30.3 Å². The maximum Gasteiger partial charge on any atom is 0.160 e. The maximum atomic E-state index is 6.20. The number of aliphatic imine (C=N–C) groups is 1. The number of ether oxygens (including phenoxy) is 1. The number of thioether (sulfide) groups is 1. The molecule has 2 aliphatic rings. The van der Waals surface area contributed by atoms with E-state index in [0.717, 1.165) is 41.9 Å². The second-order valence-electron chi connectivity index (χ2n) is 7.66. The lowest BCUT2D eigenvalue weighted by Crippen LogP contribution is -2.35. The predicted molar refractivity (Wildman–Crippen MR) is 127 cm³/mol. The number of nitrogens with zero attached hydrogens (tertiary/aromatic N) is 4. The third kappa shape index (κ3) is 3.78. The minimum Gasteiger partial charge on any atom is -0.493 e. The zero-order valence-electron chi connectivity index (χ0n) is 18.4. The molecule has 3 atom stereocenters. The van der Waals surface area contributed by atoms with Crippen molar-refractivity contribution < 1.29 is 4.74 Å². The summed E-state index contributed by atoms with van der Waals surface area (Å²) in [5.41, 5.74) is 3.45. The van der Waals surface area contributed by atoms with Crippen LogP contribution in [0.15, 0.2) is 47.6 Å². The van der Waals surface area contributed by atoms with Crippen molar-refractivity contribution in [2.24, 2.45) is 4.99 Å². The topological polar surface area (TPSA) is 41.0 Å². The first-order valence-corrected chi connectivity index (χ1v) is 12.1. The zero-order valence-corrected chi connectivity index (χ0v) is 19.2. The summed E-state index contributed by atoms with van der Waals surface area (Å²) in [6.07, 6.45) is 2.98. The average Bonchev–Trinajstić information content (AvgIpc) is 3.35. The molecular formula is C24H32N4OS. The Balaban J connectivity index is 1.80. The summed E-state index contributed by atoms with van der Waals surface area (Å²) in [7, 11) is 0. The highest BCUT2D eigenvalue weighted by molar-refractivity contribution is 8.14. The zero-order chi connectivity index (χ0) is 21.1. The molecule has 3 heterocycles. The Hall–Kier alpha value is -2.21. The number of fused-ring (bicyclic) bond motifs is 1. The number of anilines is 1. The number of amidine groups is 1. The van der Waals surface area contributed by atoms with Crippen molar-refractivity contribution in [3.8, 4) is 5.75 Å². The summed E-state index contributed by atoms with van der Waals surface area (Å²) in [5, 5.41) is 1.15. The van der Waals surface area contributed by atoms with Crippen LogP contribution in [-0.4, -0.2) is 46.5 Å². The van der Waals surface area contributed by atoms with E-state index in [1.54, 1.807) is 0 Å². The maximum absolute atomic E-state index is 6.20. The highest BCUT2D eigenvalue weighted by Crippen LogP contribution is 2.50. The molecule has 30 heavy (non-hydrogen) atoms. The lowest BCUT2D eigenvalue weighted by atomic mass is 9.94. The van der Waals surface area contributed by atoms with Crippen LogP contribution in [0, 0.1) is 0 Å². The minimum atomic E-state index is -0.0124. The Labute approximate surface area is 184 Å². The average molecular weight is 425 g/mol. The molecule has 0 aliphatic carbocycles. The SMILES string of the molecule is CCOc1cc(N(CC)CC)ccc1C1C(c2ccccn2)N=C2SCC(CC)N21. The van der Waals surface area contributed by atoms with Crippen LogP contribution in [0.3, 0.4) is 0 Å². The van der Waals surface area contributed by atoms with Gasteiger partial charge in [-0.2, -0.15) is 0 Å². The fraction of sp³-hybridized carbons (Fsp3) is 0.500. The second kappa shape index (κ2) is 9.29. The van der Waals surface area contributed by atoms with Gasteiger partial charge < -0.3 is 14.5 Å². The van der Waals surface area contributed by atoms with E-state index in [2.05, 4.69) is 72.8 Å². The van der Waals surface area contributed by atoms with Gasteiger partial charge in [0, 0.05) is 48.4 Å². The molecule has 1 aromatic carbocycles. The van der Waals surface area contributed by atoms with E-state index in [-0.39, 0.29) is 12.1 Å². The van der Waals surface area contributed by atoms with Gasteiger partial charge in [0.15, 0.2) is 5.17 Å². The summed E-state index contributed by atoms with van der Waals surface area (Å²) >= 11 is 1.88. The van der Waals surface area contributed by atoms with Crippen molar-refractivity contribution in [1.29, 1.82) is 0 Å². The number of aromatic nitrogens is 1. The van der Waals surface area contributed by atoms with E-state index in [1.807, 2.05) is 24.0 Å². The van der Waals surface area contributed by atoms with Gasteiger partial charge in [0.1, 0.15) is 11.8 Å². The monoisotopic (exact) mass is 424 g/mol. The molecule has 160 valence electrons. The first-order valence-electron chi connectivity index (χ1n) is 11.1. The Morgan fingerprint density at radius 2 is 1.97 bits per heavy atom. The molecule has 0 N–H and O–H groups in total. The van der Waals surface area contributed by atoms with Crippen molar-refractivity contribution in [3.05, 3.63) is 53.9 Å². The fourth-order valence-electron chi connectivity index (χ4n) is 4.52. The fourth-order valence-corrected chi connectivity index (χ4v) is 5.86. The lowest BCUT2D eigenvalue weighted by Gasteiger charge is -2.33. The standard InChI is InChI=1S/C24H32N4OS/c1-5-17-16-30-24-26-22(20-11-9-10-14-25-20)23(28(17)24)19-13-12-18(27(6-2)7-3)15-21(19)29-8-4/h9-15,17,22-23H,5-8,16H2,1-4H3. The van der Waals surface area contributed by atoms with Gasteiger partial charge >= 0.3 is 0 Å². The van der Waals surface area contributed by atoms with E-state index in [9.17, 15) is 0 Å². The van der Waals surface area contributed by atoms with Gasteiger partial charge in [-0.25, -0.2) is 0 Å². The molecule has 0 radical (unpaired) electrons. The van der Waals surface area contributed by atoms with Crippen molar-refractivity contribution in [2.45, 2.75) is 52.2 Å². The summed E-state index contributed by atoms with van der Waals surface area (Å²) in [6, 6.07) is 13.4. The van der Waals surface area contributed by atoms with E-state index in [1.165, 1.54) is 11.3 Å². The first kappa shape index (κ1) is 21.0. The van der Waals surface area contributed by atoms with Gasteiger partial charge in [0.2, 0.25) is 0 Å². The first-order chi connectivity index (χ1) is 14.7. The van der Waals surface area contributed by atoms with Crippen LogP contribution in [-0.2, 0) is 0 Å². The van der Waals surface area contributed by atoms with E-state index in [4.69, 9.17) is 9.73 Å². The van der Waals surface area contributed by atoms with Crippen LogP contribution in [0.1, 0.15) is 57.5 Å². The van der Waals surface area contributed by atoms with Crippen LogP contribution in [0.2, 0.25) is 0 Å². The molecule has 2 aromatic rings. The number of hydrogen-bond acceptors (Lipinski definition) is 6. The number of rotatable bonds is 8. The summed E-state index contributed by atoms with van der Waals surface area (Å²) in [6.45, 7) is 11.3. The van der Waals surface area contributed by atoms with E-state index in [0.29, 0.717) is 12.6 Å². The van der Waals surface area contributed by atoms with Crippen LogP contribution in [0.25, 0.3) is 0 Å². The molecule has 3 unspecified atom stereocenters. The van der Waals surface area contributed by atoms with Gasteiger partial charge in [-0.3, -0.25) is 9.98 Å². The Morgan fingerprint density at radius 3 is 2.63 bits per heavy atom. The number of hydrogen-bond donors (Lipinski definition) is 0. The van der Waals surface area contributed by atoms with Gasteiger partial charge in [0.05, 0.1) is 18.3 Å². The number of benzene rings is 1. The van der Waals surface area contributed by atoms with Gasteiger partial charge in [-0.15, -0.1) is 0 Å². The second-order valence-corrected chi connectivity index (χ2v) is 8.65. The molecule has 1 fully saturated rings. The van der Waals surface area contributed by atoms with Crippen LogP contribution in [0.4, 0.5) is 5.69 Å². The van der Waals surface area contributed by atoms with Crippen LogP contribution in [0.5, 0.6) is 5.75 Å². The summed E-state index contributed by atoms with van der Waals surface area (Å²) in [4.78, 5) is 14.7. The van der Waals surface area contributed by atoms with Gasteiger partial charge in [-0.05, 0) is 45.4 Å². The third-order valence-corrected chi connectivity index (χ3v) is 7.20. The highest BCUT2D eigenvalue weighted by atomic mass is 32.2. The molecule has 1 aromatic heterocycles. The molecule has 6 heteroatoms. The molecule has 0 bridgehead atoms. The number of pyridine rings is 1. The van der Waals surface area contributed by atoms with Gasteiger partial charge in [-0.1, -0.05) is 30.8 Å². The Kier molecular flexibility index (Phi) is 6.52. The van der Waals surface area contributed by atoms with Crippen LogP contribution >= 0.6 is 11.8 Å². The summed E-state index contributed by atoms with van der Waals surface area (Å²) < 4.78 is 6.20. The van der Waals surface area contributed by atoms with Crippen LogP contribution < -0.4 is 9.64 Å². The molecular weight excluding hydrogens is 392 g/mol. The molecule has 5 nitrogen and oxygen atoms in total. The molecule has 0 saturated carbocycles.